The Morgan fingerprint density at radius 1 is 1.12 bits per heavy atom. The molecule has 0 saturated carbocycles. The third-order valence-corrected chi connectivity index (χ3v) is 6.09. The van der Waals surface area contributed by atoms with Crippen molar-refractivity contribution in [3.05, 3.63) is 58.3 Å². The van der Waals surface area contributed by atoms with Crippen LogP contribution in [0.2, 0.25) is 0 Å². The normalized spacial score (nSPS) is 23.8. The first-order chi connectivity index (χ1) is 11.8. The van der Waals surface area contributed by atoms with Crippen LogP contribution in [0.1, 0.15) is 29.7 Å². The summed E-state index contributed by atoms with van der Waals surface area (Å²) in [5.74, 6) is 0. The Labute approximate surface area is 148 Å². The first-order valence-corrected chi connectivity index (χ1v) is 9.74. The van der Waals surface area contributed by atoms with Gasteiger partial charge in [0.1, 0.15) is 0 Å². The Kier molecular flexibility index (Phi) is 4.99. The molecule has 0 aliphatic carbocycles. The van der Waals surface area contributed by atoms with Crippen molar-refractivity contribution in [2.24, 2.45) is 0 Å². The minimum atomic E-state index is 0.0628. The first kappa shape index (κ1) is 16.3. The number of thiophene rings is 1. The quantitative estimate of drug-likeness (QED) is 0.816. The van der Waals surface area contributed by atoms with E-state index in [1.165, 1.54) is 10.4 Å². The highest BCUT2D eigenvalue weighted by atomic mass is 32.1. The molecule has 2 saturated heterocycles. The minimum absolute atomic E-state index is 0.0628. The monoisotopic (exact) mass is 343 g/mol. The topological polar surface area (TPSA) is 21.7 Å². The van der Waals surface area contributed by atoms with Gasteiger partial charge in [-0.2, -0.15) is 0 Å². The van der Waals surface area contributed by atoms with E-state index < -0.39 is 0 Å². The third-order valence-electron chi connectivity index (χ3n) is 5.23. The standard InChI is InChI=1S/C20H25NO2S/c1-2-5-17(6-3-1)15-22-18-13-20(23-16-18)8-10-21(11-9-20)14-19-7-4-12-24-19/h1-7,12,18H,8-11,13-16H2/t18-/m0/s1. The fourth-order valence-electron chi connectivity index (χ4n) is 3.79. The molecule has 128 valence electrons. The van der Waals surface area contributed by atoms with Crippen LogP contribution < -0.4 is 0 Å². The molecule has 3 nitrogen and oxygen atoms in total. The van der Waals surface area contributed by atoms with E-state index >= 15 is 0 Å². The van der Waals surface area contributed by atoms with Gasteiger partial charge >= 0.3 is 0 Å². The Hall–Kier alpha value is -1.20. The molecule has 24 heavy (non-hydrogen) atoms. The molecule has 3 heterocycles. The van der Waals surface area contributed by atoms with Gasteiger partial charge in [-0.15, -0.1) is 11.3 Å². The average molecular weight is 343 g/mol. The van der Waals surface area contributed by atoms with E-state index in [9.17, 15) is 0 Å². The zero-order chi connectivity index (χ0) is 16.2. The van der Waals surface area contributed by atoms with Crippen LogP contribution in [0.4, 0.5) is 0 Å². The Balaban J connectivity index is 1.24. The van der Waals surface area contributed by atoms with Gasteiger partial charge in [-0.25, -0.2) is 0 Å². The number of piperidine rings is 1. The predicted octanol–water partition coefficient (Wildman–Crippen LogP) is 4.09. The summed E-state index contributed by atoms with van der Waals surface area (Å²) in [6, 6.07) is 14.8. The van der Waals surface area contributed by atoms with Gasteiger partial charge in [0.05, 0.1) is 24.9 Å². The van der Waals surface area contributed by atoms with Crippen LogP contribution in [-0.2, 0) is 22.6 Å². The van der Waals surface area contributed by atoms with Crippen LogP contribution in [0.3, 0.4) is 0 Å². The third kappa shape index (κ3) is 3.89. The van der Waals surface area contributed by atoms with Gasteiger partial charge in [0.25, 0.3) is 0 Å². The van der Waals surface area contributed by atoms with Crippen molar-refractivity contribution >= 4 is 11.3 Å². The lowest BCUT2D eigenvalue weighted by Crippen LogP contribution is -2.43. The van der Waals surface area contributed by atoms with Gasteiger partial charge in [0.2, 0.25) is 0 Å². The highest BCUT2D eigenvalue weighted by molar-refractivity contribution is 7.09. The highest BCUT2D eigenvalue weighted by Gasteiger charge is 2.43. The summed E-state index contributed by atoms with van der Waals surface area (Å²) in [5, 5.41) is 2.16. The van der Waals surface area contributed by atoms with Crippen LogP contribution in [0.5, 0.6) is 0 Å². The molecule has 0 amide bonds. The lowest BCUT2D eigenvalue weighted by molar-refractivity contribution is -0.0467. The van der Waals surface area contributed by atoms with Crippen LogP contribution in [-0.4, -0.2) is 36.3 Å². The second kappa shape index (κ2) is 7.36. The molecular formula is C20H25NO2S. The summed E-state index contributed by atoms with van der Waals surface area (Å²) < 4.78 is 12.3. The maximum absolute atomic E-state index is 6.22. The zero-order valence-corrected chi connectivity index (χ0v) is 14.8. The zero-order valence-electron chi connectivity index (χ0n) is 14.0. The summed E-state index contributed by atoms with van der Waals surface area (Å²) in [4.78, 5) is 4.01. The maximum Gasteiger partial charge on any atom is 0.0840 e. The lowest BCUT2D eigenvalue weighted by Gasteiger charge is -2.38. The van der Waals surface area contributed by atoms with E-state index in [0.717, 1.165) is 45.5 Å². The highest BCUT2D eigenvalue weighted by Crippen LogP contribution is 2.37. The lowest BCUT2D eigenvalue weighted by atomic mass is 9.88. The molecule has 2 aliphatic heterocycles. The Morgan fingerprint density at radius 3 is 2.71 bits per heavy atom. The van der Waals surface area contributed by atoms with Gasteiger partial charge < -0.3 is 9.47 Å². The summed E-state index contributed by atoms with van der Waals surface area (Å²) in [6.45, 7) is 4.78. The molecule has 0 N–H and O–H groups in total. The summed E-state index contributed by atoms with van der Waals surface area (Å²) in [5.41, 5.74) is 1.30. The molecule has 1 atom stereocenters. The number of ether oxygens (including phenoxy) is 2. The minimum Gasteiger partial charge on any atom is -0.372 e. The van der Waals surface area contributed by atoms with Crippen LogP contribution >= 0.6 is 11.3 Å². The summed E-state index contributed by atoms with van der Waals surface area (Å²) >= 11 is 1.85. The van der Waals surface area contributed by atoms with Crippen molar-refractivity contribution in [2.75, 3.05) is 19.7 Å². The number of rotatable bonds is 5. The van der Waals surface area contributed by atoms with Crippen LogP contribution in [0, 0.1) is 0 Å². The molecule has 2 fully saturated rings. The van der Waals surface area contributed by atoms with Crippen LogP contribution in [0.25, 0.3) is 0 Å². The molecule has 2 aromatic rings. The molecule has 1 aromatic heterocycles. The largest absolute Gasteiger partial charge is 0.372 e. The van der Waals surface area contributed by atoms with Crippen molar-refractivity contribution < 1.29 is 9.47 Å². The second-order valence-electron chi connectivity index (χ2n) is 6.97. The predicted molar refractivity (Wildman–Crippen MR) is 97.1 cm³/mol. The average Bonchev–Trinajstić information content (AvgIpc) is 3.27. The van der Waals surface area contributed by atoms with Crippen molar-refractivity contribution in [1.82, 2.24) is 4.90 Å². The number of hydrogen-bond acceptors (Lipinski definition) is 4. The maximum atomic E-state index is 6.22. The second-order valence-corrected chi connectivity index (χ2v) is 8.00. The van der Waals surface area contributed by atoms with E-state index in [1.807, 2.05) is 17.4 Å². The van der Waals surface area contributed by atoms with Crippen molar-refractivity contribution in [3.8, 4) is 0 Å². The number of nitrogens with zero attached hydrogens (tertiary/aromatic N) is 1. The SMILES string of the molecule is c1ccc(CO[C@@H]2COC3(CCN(Cc4cccs4)CC3)C2)cc1. The molecule has 1 spiro atoms. The van der Waals surface area contributed by atoms with Gasteiger partial charge in [0, 0.05) is 30.9 Å². The van der Waals surface area contributed by atoms with E-state index in [0.29, 0.717) is 6.61 Å². The van der Waals surface area contributed by atoms with Crippen molar-refractivity contribution in [2.45, 2.75) is 44.1 Å². The summed E-state index contributed by atoms with van der Waals surface area (Å²) in [7, 11) is 0. The van der Waals surface area contributed by atoms with Gasteiger partial charge in [-0.05, 0) is 29.9 Å². The smallest absolute Gasteiger partial charge is 0.0840 e. The van der Waals surface area contributed by atoms with Gasteiger partial charge in [0.15, 0.2) is 0 Å². The Bertz CT molecular complexity index is 620. The van der Waals surface area contributed by atoms with E-state index in [1.54, 1.807) is 0 Å². The molecule has 4 heteroatoms. The van der Waals surface area contributed by atoms with Crippen LogP contribution in [0.15, 0.2) is 47.8 Å². The molecule has 0 radical (unpaired) electrons. The molecule has 0 unspecified atom stereocenters. The number of hydrogen-bond donors (Lipinski definition) is 0. The molecule has 4 rings (SSSR count). The molecular weight excluding hydrogens is 318 g/mol. The van der Waals surface area contributed by atoms with E-state index in [4.69, 9.17) is 9.47 Å². The Morgan fingerprint density at radius 2 is 1.96 bits per heavy atom. The number of likely N-dealkylation sites (tertiary alicyclic amines) is 1. The molecule has 2 aliphatic rings. The summed E-state index contributed by atoms with van der Waals surface area (Å²) in [6.07, 6.45) is 3.55. The molecule has 1 aromatic carbocycles. The molecule has 0 bridgehead atoms. The fraction of sp³-hybridized carbons (Fsp3) is 0.500. The fourth-order valence-corrected chi connectivity index (χ4v) is 4.53. The van der Waals surface area contributed by atoms with Crippen molar-refractivity contribution in [3.63, 3.8) is 0 Å². The number of benzene rings is 1. The van der Waals surface area contributed by atoms with Crippen molar-refractivity contribution in [1.29, 1.82) is 0 Å². The van der Waals surface area contributed by atoms with E-state index in [-0.39, 0.29) is 11.7 Å². The van der Waals surface area contributed by atoms with Gasteiger partial charge in [-0.3, -0.25) is 4.90 Å². The first-order valence-electron chi connectivity index (χ1n) is 8.86. The van der Waals surface area contributed by atoms with E-state index in [2.05, 4.69) is 46.7 Å². The van der Waals surface area contributed by atoms with Gasteiger partial charge in [-0.1, -0.05) is 36.4 Å².